The van der Waals surface area contributed by atoms with Gasteiger partial charge in [0.05, 0.1) is 23.4 Å². The number of fused-ring (bicyclic) bond motifs is 1. The number of thioether (sulfide) groups is 1. The number of amides is 2. The molecule has 0 fully saturated rings. The SMILES string of the molecule is CN(C)C(=O)CNC(=O)CSCc1nc2scc(-c3ccccc3)c2c(=O)[nH]1. The Labute approximate surface area is 170 Å². The molecular formula is C19H20N4O3S2. The highest BCUT2D eigenvalue weighted by molar-refractivity contribution is 7.99. The van der Waals surface area contributed by atoms with Gasteiger partial charge in [-0.2, -0.15) is 0 Å². The van der Waals surface area contributed by atoms with Crippen molar-refractivity contribution in [2.45, 2.75) is 5.75 Å². The van der Waals surface area contributed by atoms with E-state index in [1.165, 1.54) is 28.0 Å². The van der Waals surface area contributed by atoms with Crippen LogP contribution in [-0.4, -0.2) is 53.1 Å². The van der Waals surface area contributed by atoms with Gasteiger partial charge in [-0.1, -0.05) is 30.3 Å². The molecule has 0 saturated carbocycles. The Bertz CT molecular complexity index is 1040. The zero-order chi connectivity index (χ0) is 20.1. The lowest BCUT2D eigenvalue weighted by molar-refractivity contribution is -0.130. The number of hydrogen-bond donors (Lipinski definition) is 2. The van der Waals surface area contributed by atoms with E-state index in [1.807, 2.05) is 35.7 Å². The first-order valence-corrected chi connectivity index (χ1v) is 10.6. The van der Waals surface area contributed by atoms with Crippen LogP contribution in [0, 0.1) is 0 Å². The smallest absolute Gasteiger partial charge is 0.260 e. The van der Waals surface area contributed by atoms with Crippen molar-refractivity contribution < 1.29 is 9.59 Å². The van der Waals surface area contributed by atoms with E-state index in [0.717, 1.165) is 11.1 Å². The van der Waals surface area contributed by atoms with Gasteiger partial charge in [-0.05, 0) is 5.56 Å². The first-order chi connectivity index (χ1) is 13.5. The van der Waals surface area contributed by atoms with E-state index in [9.17, 15) is 14.4 Å². The lowest BCUT2D eigenvalue weighted by atomic mass is 10.1. The maximum atomic E-state index is 12.6. The van der Waals surface area contributed by atoms with Gasteiger partial charge in [0, 0.05) is 25.0 Å². The molecule has 0 aliphatic rings. The maximum absolute atomic E-state index is 12.6. The number of nitrogens with one attached hydrogen (secondary N) is 2. The van der Waals surface area contributed by atoms with Gasteiger partial charge in [-0.25, -0.2) is 4.98 Å². The van der Waals surface area contributed by atoms with Crippen molar-refractivity contribution >= 4 is 45.1 Å². The van der Waals surface area contributed by atoms with Gasteiger partial charge in [0.2, 0.25) is 11.8 Å². The Balaban J connectivity index is 1.63. The molecule has 0 saturated heterocycles. The summed E-state index contributed by atoms with van der Waals surface area (Å²) in [7, 11) is 3.27. The number of carbonyl (C=O) groups excluding carboxylic acids is 2. The van der Waals surface area contributed by atoms with Gasteiger partial charge >= 0.3 is 0 Å². The van der Waals surface area contributed by atoms with Crippen LogP contribution in [0.5, 0.6) is 0 Å². The number of likely N-dealkylation sites (N-methyl/N-ethyl adjacent to an activating group) is 1. The molecule has 3 aromatic rings. The molecule has 0 bridgehead atoms. The normalized spacial score (nSPS) is 10.8. The summed E-state index contributed by atoms with van der Waals surface area (Å²) in [6.45, 7) is -0.0229. The zero-order valence-corrected chi connectivity index (χ0v) is 17.2. The molecule has 0 radical (unpaired) electrons. The third-order valence-corrected chi connectivity index (χ3v) is 5.80. The van der Waals surface area contributed by atoms with E-state index in [-0.39, 0.29) is 29.7 Å². The fraction of sp³-hybridized carbons (Fsp3) is 0.263. The molecule has 0 aliphatic carbocycles. The van der Waals surface area contributed by atoms with Crippen LogP contribution in [-0.2, 0) is 15.3 Å². The summed E-state index contributed by atoms with van der Waals surface area (Å²) in [6.07, 6.45) is 0. The van der Waals surface area contributed by atoms with Crippen LogP contribution in [0.2, 0.25) is 0 Å². The quantitative estimate of drug-likeness (QED) is 0.615. The standard InChI is InChI=1S/C19H20N4O3S2/c1-23(2)16(25)8-20-15(24)11-27-10-14-21-18(26)17-13(9-28-19(17)22-14)12-6-4-3-5-7-12/h3-7,9H,8,10-11H2,1-2H3,(H,20,24)(H,21,22,26). The summed E-state index contributed by atoms with van der Waals surface area (Å²) in [4.78, 5) is 45.3. The molecule has 9 heteroatoms. The van der Waals surface area contributed by atoms with Crippen molar-refractivity contribution in [3.8, 4) is 11.1 Å². The van der Waals surface area contributed by atoms with Crippen molar-refractivity contribution in [3.63, 3.8) is 0 Å². The lowest BCUT2D eigenvalue weighted by Crippen LogP contribution is -2.37. The van der Waals surface area contributed by atoms with Crippen LogP contribution >= 0.6 is 23.1 Å². The number of carbonyl (C=O) groups is 2. The van der Waals surface area contributed by atoms with Crippen LogP contribution in [0.1, 0.15) is 5.82 Å². The van der Waals surface area contributed by atoms with Crippen molar-refractivity contribution in [2.24, 2.45) is 0 Å². The van der Waals surface area contributed by atoms with E-state index < -0.39 is 0 Å². The van der Waals surface area contributed by atoms with Crippen molar-refractivity contribution in [2.75, 3.05) is 26.4 Å². The molecule has 2 amide bonds. The first kappa shape index (κ1) is 20.1. The number of hydrogen-bond acceptors (Lipinski definition) is 6. The minimum atomic E-state index is -0.230. The second-order valence-electron chi connectivity index (χ2n) is 6.27. The number of H-pyrrole nitrogens is 1. The number of rotatable bonds is 7. The summed E-state index contributed by atoms with van der Waals surface area (Å²) in [5.41, 5.74) is 1.67. The second kappa shape index (κ2) is 9.03. The Kier molecular flexibility index (Phi) is 6.48. The van der Waals surface area contributed by atoms with Crippen molar-refractivity contribution in [3.05, 3.63) is 51.9 Å². The second-order valence-corrected chi connectivity index (χ2v) is 8.11. The number of aromatic amines is 1. The highest BCUT2D eigenvalue weighted by atomic mass is 32.2. The van der Waals surface area contributed by atoms with Gasteiger partial charge in [-0.3, -0.25) is 14.4 Å². The number of benzene rings is 1. The summed E-state index contributed by atoms with van der Waals surface area (Å²) in [5, 5.41) is 5.10. The number of thiophene rings is 1. The predicted molar refractivity (Wildman–Crippen MR) is 114 cm³/mol. The predicted octanol–water partition coefficient (Wildman–Crippen LogP) is 2.09. The molecule has 0 atom stereocenters. The highest BCUT2D eigenvalue weighted by Crippen LogP contribution is 2.30. The fourth-order valence-electron chi connectivity index (χ4n) is 2.52. The van der Waals surface area contributed by atoms with Crippen molar-refractivity contribution in [1.82, 2.24) is 20.2 Å². The van der Waals surface area contributed by atoms with Gasteiger partial charge in [-0.15, -0.1) is 23.1 Å². The minimum Gasteiger partial charge on any atom is -0.347 e. The van der Waals surface area contributed by atoms with Gasteiger partial charge in [0.15, 0.2) is 0 Å². The molecule has 2 N–H and O–H groups in total. The van der Waals surface area contributed by atoms with E-state index in [0.29, 0.717) is 21.8 Å². The summed E-state index contributed by atoms with van der Waals surface area (Å²) < 4.78 is 0. The highest BCUT2D eigenvalue weighted by Gasteiger charge is 2.13. The molecule has 1 aromatic carbocycles. The van der Waals surface area contributed by atoms with E-state index >= 15 is 0 Å². The Hall–Kier alpha value is -2.65. The summed E-state index contributed by atoms with van der Waals surface area (Å²) in [5.74, 6) is 0.718. The Morgan fingerprint density at radius 3 is 2.71 bits per heavy atom. The Morgan fingerprint density at radius 1 is 1.25 bits per heavy atom. The molecule has 0 spiro atoms. The average molecular weight is 417 g/mol. The van der Waals surface area contributed by atoms with Crippen LogP contribution in [0.3, 0.4) is 0 Å². The van der Waals surface area contributed by atoms with Crippen LogP contribution in [0.25, 0.3) is 21.3 Å². The molecule has 0 unspecified atom stereocenters. The van der Waals surface area contributed by atoms with Crippen LogP contribution < -0.4 is 10.9 Å². The van der Waals surface area contributed by atoms with Gasteiger partial charge < -0.3 is 15.2 Å². The number of nitrogens with zero attached hydrogens (tertiary/aromatic N) is 2. The average Bonchev–Trinajstić information content (AvgIpc) is 3.11. The van der Waals surface area contributed by atoms with E-state index in [2.05, 4.69) is 15.3 Å². The van der Waals surface area contributed by atoms with Gasteiger partial charge in [0.1, 0.15) is 10.7 Å². The molecule has 3 rings (SSSR count). The van der Waals surface area contributed by atoms with Crippen molar-refractivity contribution in [1.29, 1.82) is 0 Å². The largest absolute Gasteiger partial charge is 0.347 e. The third kappa shape index (κ3) is 4.79. The first-order valence-electron chi connectivity index (χ1n) is 8.56. The summed E-state index contributed by atoms with van der Waals surface area (Å²) in [6, 6.07) is 9.72. The van der Waals surface area contributed by atoms with Crippen LogP contribution in [0.15, 0.2) is 40.5 Å². The Morgan fingerprint density at radius 2 is 2.00 bits per heavy atom. The molecule has 146 valence electrons. The molecule has 28 heavy (non-hydrogen) atoms. The molecule has 0 aliphatic heterocycles. The minimum absolute atomic E-state index is 0.0229. The van der Waals surface area contributed by atoms with Crippen LogP contribution in [0.4, 0.5) is 0 Å². The third-order valence-electron chi connectivity index (χ3n) is 3.99. The van der Waals surface area contributed by atoms with Gasteiger partial charge in [0.25, 0.3) is 5.56 Å². The van der Waals surface area contributed by atoms with E-state index in [4.69, 9.17) is 0 Å². The maximum Gasteiger partial charge on any atom is 0.260 e. The molecular weight excluding hydrogens is 396 g/mol. The summed E-state index contributed by atoms with van der Waals surface area (Å²) >= 11 is 2.76. The fourth-order valence-corrected chi connectivity index (χ4v) is 4.20. The lowest BCUT2D eigenvalue weighted by Gasteiger charge is -2.10. The van der Waals surface area contributed by atoms with E-state index in [1.54, 1.807) is 14.1 Å². The monoisotopic (exact) mass is 416 g/mol. The number of aromatic nitrogens is 2. The molecule has 2 aromatic heterocycles. The zero-order valence-electron chi connectivity index (χ0n) is 15.5. The molecule has 7 nitrogen and oxygen atoms in total. The molecule has 2 heterocycles. The topological polar surface area (TPSA) is 95.2 Å².